The maximum absolute atomic E-state index is 11.7. The zero-order valence-corrected chi connectivity index (χ0v) is 12.6. The fourth-order valence-corrected chi connectivity index (χ4v) is 3.09. The third kappa shape index (κ3) is 4.69. The van der Waals surface area contributed by atoms with E-state index in [2.05, 4.69) is 35.4 Å². The number of carbonyl (C=O) groups is 1. The molecule has 0 atom stereocenters. The highest BCUT2D eigenvalue weighted by molar-refractivity contribution is 7.99. The van der Waals surface area contributed by atoms with Crippen LogP contribution in [0.25, 0.3) is 0 Å². The minimum Gasteiger partial charge on any atom is -0.301 e. The van der Waals surface area contributed by atoms with E-state index in [9.17, 15) is 4.79 Å². The molecule has 3 nitrogen and oxygen atoms in total. The van der Waals surface area contributed by atoms with Gasteiger partial charge in [0, 0.05) is 16.8 Å². The van der Waals surface area contributed by atoms with E-state index in [-0.39, 0.29) is 5.91 Å². The number of thiazole rings is 1. The summed E-state index contributed by atoms with van der Waals surface area (Å²) in [6.07, 6.45) is 1.76. The number of anilines is 1. The van der Waals surface area contributed by atoms with Crippen molar-refractivity contribution in [3.8, 4) is 0 Å². The molecule has 0 fully saturated rings. The van der Waals surface area contributed by atoms with Crippen molar-refractivity contribution in [1.82, 2.24) is 4.98 Å². The average molecular weight is 292 g/mol. The molecule has 5 heteroatoms. The minimum absolute atomic E-state index is 0.00648. The van der Waals surface area contributed by atoms with Crippen LogP contribution in [0, 0.1) is 13.8 Å². The topological polar surface area (TPSA) is 42.0 Å². The van der Waals surface area contributed by atoms with Gasteiger partial charge in [-0.2, -0.15) is 0 Å². The van der Waals surface area contributed by atoms with Crippen molar-refractivity contribution in [2.24, 2.45) is 0 Å². The van der Waals surface area contributed by atoms with Crippen LogP contribution in [-0.4, -0.2) is 16.6 Å². The van der Waals surface area contributed by atoms with Crippen molar-refractivity contribution in [2.45, 2.75) is 19.6 Å². The third-order valence-electron chi connectivity index (χ3n) is 2.45. The molecular formula is C14H16N2OS2. The van der Waals surface area contributed by atoms with Gasteiger partial charge in [0.25, 0.3) is 0 Å². The molecule has 0 bridgehead atoms. The summed E-state index contributed by atoms with van der Waals surface area (Å²) in [5, 5.41) is 3.49. The number of carbonyl (C=O) groups excluding carboxylic acids is 1. The van der Waals surface area contributed by atoms with Crippen molar-refractivity contribution in [3.05, 3.63) is 46.5 Å². The van der Waals surface area contributed by atoms with E-state index < -0.39 is 0 Å². The number of nitrogens with one attached hydrogen (secondary N) is 1. The lowest BCUT2D eigenvalue weighted by molar-refractivity contribution is -0.113. The summed E-state index contributed by atoms with van der Waals surface area (Å²) in [7, 11) is 0. The Kier molecular flexibility index (Phi) is 4.99. The van der Waals surface area contributed by atoms with Crippen molar-refractivity contribution in [1.29, 1.82) is 0 Å². The van der Waals surface area contributed by atoms with E-state index in [0.717, 1.165) is 10.6 Å². The van der Waals surface area contributed by atoms with Crippen LogP contribution in [0.1, 0.15) is 16.0 Å². The van der Waals surface area contributed by atoms with Gasteiger partial charge in [-0.3, -0.25) is 4.79 Å². The lowest BCUT2D eigenvalue weighted by Crippen LogP contribution is -2.13. The Morgan fingerprint density at radius 3 is 2.95 bits per heavy atom. The van der Waals surface area contributed by atoms with E-state index in [1.807, 2.05) is 13.0 Å². The van der Waals surface area contributed by atoms with Crippen molar-refractivity contribution >= 4 is 34.1 Å². The van der Waals surface area contributed by atoms with Gasteiger partial charge in [0.2, 0.25) is 5.91 Å². The monoisotopic (exact) mass is 292 g/mol. The summed E-state index contributed by atoms with van der Waals surface area (Å²) in [5.41, 5.74) is 2.50. The average Bonchev–Trinajstić information content (AvgIpc) is 2.75. The maximum atomic E-state index is 11.7. The number of aryl methyl sites for hydroxylation is 2. The molecule has 1 N–H and O–H groups in total. The fraction of sp³-hybridized carbons (Fsp3) is 0.286. The molecule has 1 heterocycles. The van der Waals surface area contributed by atoms with Crippen molar-refractivity contribution in [2.75, 3.05) is 11.1 Å². The van der Waals surface area contributed by atoms with Gasteiger partial charge in [-0.15, -0.1) is 23.1 Å². The number of amides is 1. The second-order valence-corrected chi connectivity index (χ2v) is 6.53. The summed E-state index contributed by atoms with van der Waals surface area (Å²) in [6, 6.07) is 8.35. The van der Waals surface area contributed by atoms with E-state index in [1.54, 1.807) is 18.0 Å². The summed E-state index contributed by atoms with van der Waals surface area (Å²) >= 11 is 3.11. The number of rotatable bonds is 5. The van der Waals surface area contributed by atoms with Crippen LogP contribution in [0.4, 0.5) is 5.13 Å². The smallest absolute Gasteiger partial charge is 0.236 e. The zero-order valence-electron chi connectivity index (χ0n) is 11.0. The van der Waals surface area contributed by atoms with Crippen LogP contribution in [0.3, 0.4) is 0 Å². The first-order valence-electron chi connectivity index (χ1n) is 5.99. The lowest BCUT2D eigenvalue weighted by Gasteiger charge is -2.03. The predicted octanol–water partition coefficient (Wildman–Crippen LogP) is 3.63. The summed E-state index contributed by atoms with van der Waals surface area (Å²) < 4.78 is 0. The summed E-state index contributed by atoms with van der Waals surface area (Å²) in [4.78, 5) is 16.9. The molecule has 0 aliphatic heterocycles. The first-order chi connectivity index (χ1) is 9.13. The van der Waals surface area contributed by atoms with Gasteiger partial charge in [-0.1, -0.05) is 29.8 Å². The van der Waals surface area contributed by atoms with Gasteiger partial charge in [0.05, 0.1) is 5.75 Å². The molecule has 1 aromatic heterocycles. The quantitative estimate of drug-likeness (QED) is 0.915. The SMILES string of the molecule is Cc1cccc(CSCC(=O)Nc2ncc(C)s2)c1. The number of thioether (sulfide) groups is 1. The number of hydrogen-bond donors (Lipinski definition) is 1. The minimum atomic E-state index is 0.00648. The lowest BCUT2D eigenvalue weighted by atomic mass is 10.2. The normalized spacial score (nSPS) is 10.4. The second kappa shape index (κ2) is 6.73. The van der Waals surface area contributed by atoms with Crippen LogP contribution in [-0.2, 0) is 10.5 Å². The molecule has 2 rings (SSSR count). The Labute approximate surface area is 121 Å². The van der Waals surface area contributed by atoms with Crippen LogP contribution < -0.4 is 5.32 Å². The molecule has 2 aromatic rings. The van der Waals surface area contributed by atoms with Crippen LogP contribution >= 0.6 is 23.1 Å². The van der Waals surface area contributed by atoms with Crippen LogP contribution in [0.15, 0.2) is 30.5 Å². The van der Waals surface area contributed by atoms with E-state index >= 15 is 0 Å². The van der Waals surface area contributed by atoms with Gasteiger partial charge in [0.1, 0.15) is 0 Å². The summed E-state index contributed by atoms with van der Waals surface area (Å²) in [6.45, 7) is 4.05. The molecule has 19 heavy (non-hydrogen) atoms. The van der Waals surface area contributed by atoms with E-state index in [4.69, 9.17) is 0 Å². The second-order valence-electron chi connectivity index (χ2n) is 4.31. The Morgan fingerprint density at radius 2 is 2.26 bits per heavy atom. The molecule has 100 valence electrons. The molecule has 0 saturated heterocycles. The van der Waals surface area contributed by atoms with Crippen LogP contribution in [0.2, 0.25) is 0 Å². The predicted molar refractivity (Wildman–Crippen MR) is 82.8 cm³/mol. The molecule has 0 aliphatic rings. The van der Waals surface area contributed by atoms with Crippen LogP contribution in [0.5, 0.6) is 0 Å². The maximum Gasteiger partial charge on any atom is 0.236 e. The molecule has 1 amide bonds. The fourth-order valence-electron chi connectivity index (χ4n) is 1.63. The number of nitrogens with zero attached hydrogens (tertiary/aromatic N) is 1. The zero-order chi connectivity index (χ0) is 13.7. The highest BCUT2D eigenvalue weighted by Crippen LogP contribution is 2.18. The standard InChI is InChI=1S/C14H16N2OS2/c1-10-4-3-5-12(6-10)8-18-9-13(17)16-14-15-7-11(2)19-14/h3-7H,8-9H2,1-2H3,(H,15,16,17). The van der Waals surface area contributed by atoms with Gasteiger partial charge in [-0.25, -0.2) is 4.98 Å². The number of benzene rings is 1. The van der Waals surface area contributed by atoms with E-state index in [1.165, 1.54) is 22.5 Å². The highest BCUT2D eigenvalue weighted by atomic mass is 32.2. The Balaban J connectivity index is 1.75. The molecule has 1 aromatic carbocycles. The molecule has 0 radical (unpaired) electrons. The number of hydrogen-bond acceptors (Lipinski definition) is 4. The van der Waals surface area contributed by atoms with Crippen molar-refractivity contribution in [3.63, 3.8) is 0 Å². The first kappa shape index (κ1) is 14.1. The Morgan fingerprint density at radius 1 is 1.42 bits per heavy atom. The molecule has 0 unspecified atom stereocenters. The van der Waals surface area contributed by atoms with Gasteiger partial charge in [-0.05, 0) is 19.4 Å². The highest BCUT2D eigenvalue weighted by Gasteiger charge is 2.05. The Bertz CT molecular complexity index is 566. The number of aromatic nitrogens is 1. The van der Waals surface area contributed by atoms with Gasteiger partial charge < -0.3 is 5.32 Å². The van der Waals surface area contributed by atoms with Crippen molar-refractivity contribution < 1.29 is 4.79 Å². The van der Waals surface area contributed by atoms with E-state index in [0.29, 0.717) is 10.9 Å². The van der Waals surface area contributed by atoms with Gasteiger partial charge in [0.15, 0.2) is 5.13 Å². The van der Waals surface area contributed by atoms with Gasteiger partial charge >= 0.3 is 0 Å². The summed E-state index contributed by atoms with van der Waals surface area (Å²) in [5.74, 6) is 1.31. The molecule has 0 saturated carbocycles. The third-order valence-corrected chi connectivity index (χ3v) is 4.28. The molecule has 0 aliphatic carbocycles. The molecular weight excluding hydrogens is 276 g/mol. The molecule has 0 spiro atoms. The first-order valence-corrected chi connectivity index (χ1v) is 7.96. The Hall–Kier alpha value is -1.33. The largest absolute Gasteiger partial charge is 0.301 e.